The maximum atomic E-state index is 11.5. The number of nitrogens with zero attached hydrogens (tertiary/aromatic N) is 2. The van der Waals surface area contributed by atoms with E-state index in [1.165, 1.54) is 24.0 Å². The van der Waals surface area contributed by atoms with Crippen LogP contribution in [0.3, 0.4) is 0 Å². The fourth-order valence-corrected chi connectivity index (χ4v) is 3.59. The molecule has 0 aliphatic carbocycles. The van der Waals surface area contributed by atoms with Gasteiger partial charge in [-0.2, -0.15) is 5.10 Å². The van der Waals surface area contributed by atoms with Crippen molar-refractivity contribution < 1.29 is 4.92 Å². The molecule has 0 unspecified atom stereocenters. The number of hydrogen-bond acceptors (Lipinski definition) is 5. The average Bonchev–Trinajstić information content (AvgIpc) is 2.75. The summed E-state index contributed by atoms with van der Waals surface area (Å²) in [6.45, 7) is 2.58. The monoisotopic (exact) mass is 436 g/mol. The summed E-state index contributed by atoms with van der Waals surface area (Å²) in [6.07, 6.45) is 1.50. The van der Waals surface area contributed by atoms with Gasteiger partial charge in [-0.25, -0.2) is 0 Å². The Bertz CT molecular complexity index is 1050. The quantitative estimate of drug-likeness (QED) is 0.233. The highest BCUT2D eigenvalue weighted by molar-refractivity contribution is 7.99. The molecule has 0 radical (unpaired) electrons. The van der Waals surface area contributed by atoms with Gasteiger partial charge in [0.1, 0.15) is 0 Å². The number of nitrogens with one attached hydrogen (secondary N) is 2. The van der Waals surface area contributed by atoms with Crippen molar-refractivity contribution in [2.24, 2.45) is 5.10 Å². The van der Waals surface area contributed by atoms with Crippen LogP contribution in [0.15, 0.2) is 87.7 Å². The van der Waals surface area contributed by atoms with Gasteiger partial charge in [0.05, 0.1) is 16.0 Å². The maximum absolute atomic E-state index is 11.5. The van der Waals surface area contributed by atoms with Gasteiger partial charge in [-0.05, 0) is 42.9 Å². The molecule has 152 valence electrons. The second-order valence-corrected chi connectivity index (χ2v) is 7.96. The zero-order valence-electron chi connectivity index (χ0n) is 16.2. The third-order valence-electron chi connectivity index (χ3n) is 4.10. The summed E-state index contributed by atoms with van der Waals surface area (Å²) in [6, 6.07) is 22.7. The van der Waals surface area contributed by atoms with Crippen LogP contribution in [0.25, 0.3) is 0 Å². The van der Waals surface area contributed by atoms with E-state index in [-0.39, 0.29) is 10.6 Å². The first kappa shape index (κ1) is 21.5. The van der Waals surface area contributed by atoms with Crippen LogP contribution in [-0.2, 0) is 6.54 Å². The van der Waals surface area contributed by atoms with E-state index in [1.807, 2.05) is 61.5 Å². The van der Waals surface area contributed by atoms with Crippen LogP contribution in [0, 0.1) is 17.0 Å². The molecular weight excluding hydrogens is 416 g/mol. The van der Waals surface area contributed by atoms with Gasteiger partial charge in [0.25, 0.3) is 5.69 Å². The van der Waals surface area contributed by atoms with E-state index < -0.39 is 0 Å². The topological polar surface area (TPSA) is 79.6 Å². The minimum atomic E-state index is -0.382. The van der Waals surface area contributed by atoms with Crippen molar-refractivity contribution in [1.29, 1.82) is 0 Å². The van der Waals surface area contributed by atoms with E-state index in [9.17, 15) is 10.1 Å². The van der Waals surface area contributed by atoms with Gasteiger partial charge in [-0.15, -0.1) is 0 Å². The molecule has 2 N–H and O–H groups in total. The number of nitro groups is 1. The van der Waals surface area contributed by atoms with Crippen LogP contribution in [0.4, 0.5) is 5.69 Å². The van der Waals surface area contributed by atoms with Crippen molar-refractivity contribution in [2.45, 2.75) is 23.3 Å². The van der Waals surface area contributed by atoms with Crippen molar-refractivity contribution in [3.05, 3.63) is 99.6 Å². The largest absolute Gasteiger partial charge is 0.357 e. The number of hydrogen-bond donors (Lipinski definition) is 2. The van der Waals surface area contributed by atoms with Gasteiger partial charge in [0, 0.05) is 23.1 Å². The van der Waals surface area contributed by atoms with Crippen LogP contribution >= 0.6 is 24.0 Å². The van der Waals surface area contributed by atoms with Gasteiger partial charge in [0.15, 0.2) is 5.11 Å². The summed E-state index contributed by atoms with van der Waals surface area (Å²) in [5, 5.41) is 19.0. The Kier molecular flexibility index (Phi) is 7.53. The van der Waals surface area contributed by atoms with Gasteiger partial charge >= 0.3 is 0 Å². The second kappa shape index (κ2) is 10.5. The van der Waals surface area contributed by atoms with Crippen LogP contribution in [-0.4, -0.2) is 16.3 Å². The molecule has 3 aromatic rings. The standard InChI is InChI=1S/C22H20N4O2S2/c1-16-7-10-19(11-8-16)30-21-12-9-18(13-20(21)26(27)28)15-24-25-22(29)23-14-17-5-3-2-4-6-17/h2-13,15H,14H2,1H3,(H2,23,25,29)/b24-15-. The summed E-state index contributed by atoms with van der Waals surface area (Å²) < 4.78 is 0. The van der Waals surface area contributed by atoms with Crippen LogP contribution in [0.2, 0.25) is 0 Å². The average molecular weight is 437 g/mol. The van der Waals surface area contributed by atoms with Crippen molar-refractivity contribution >= 4 is 41.0 Å². The third kappa shape index (κ3) is 6.40. The molecule has 30 heavy (non-hydrogen) atoms. The van der Waals surface area contributed by atoms with Crippen molar-refractivity contribution in [2.75, 3.05) is 0 Å². The number of benzene rings is 3. The normalized spacial score (nSPS) is 10.7. The smallest absolute Gasteiger partial charge is 0.283 e. The summed E-state index contributed by atoms with van der Waals surface area (Å²) in [7, 11) is 0. The minimum Gasteiger partial charge on any atom is -0.357 e. The molecule has 0 saturated heterocycles. The predicted octanol–water partition coefficient (Wildman–Crippen LogP) is 5.05. The molecule has 0 aliphatic heterocycles. The highest BCUT2D eigenvalue weighted by atomic mass is 32.2. The van der Waals surface area contributed by atoms with E-state index in [2.05, 4.69) is 15.8 Å². The molecular formula is C22H20N4O2S2. The van der Waals surface area contributed by atoms with E-state index in [4.69, 9.17) is 12.2 Å². The SMILES string of the molecule is Cc1ccc(Sc2ccc(/C=N\NC(=S)NCc3ccccc3)cc2[N+](=O)[O-])cc1. The molecule has 0 atom stereocenters. The number of rotatable bonds is 7. The lowest BCUT2D eigenvalue weighted by atomic mass is 10.2. The summed E-state index contributed by atoms with van der Waals surface area (Å²) >= 11 is 6.55. The first-order valence-corrected chi connectivity index (χ1v) is 10.4. The molecule has 3 rings (SSSR count). The molecule has 0 saturated carbocycles. The van der Waals surface area contributed by atoms with Crippen molar-refractivity contribution in [3.63, 3.8) is 0 Å². The summed E-state index contributed by atoms with van der Waals surface area (Å²) in [5.41, 5.74) is 5.61. The van der Waals surface area contributed by atoms with E-state index in [0.717, 1.165) is 16.0 Å². The van der Waals surface area contributed by atoms with Gasteiger partial charge in [-0.3, -0.25) is 15.5 Å². The Morgan fingerprint density at radius 1 is 1.13 bits per heavy atom. The Hall–Kier alpha value is -3.23. The Morgan fingerprint density at radius 2 is 1.87 bits per heavy atom. The van der Waals surface area contributed by atoms with Crippen LogP contribution in [0.5, 0.6) is 0 Å². The number of nitro benzene ring substituents is 1. The zero-order valence-corrected chi connectivity index (χ0v) is 17.9. The number of aryl methyl sites for hydroxylation is 1. The molecule has 3 aromatic carbocycles. The lowest BCUT2D eigenvalue weighted by molar-refractivity contribution is -0.387. The third-order valence-corrected chi connectivity index (χ3v) is 5.41. The molecule has 8 heteroatoms. The highest BCUT2D eigenvalue weighted by Gasteiger charge is 2.15. The molecule has 0 spiro atoms. The first-order chi connectivity index (χ1) is 14.5. The highest BCUT2D eigenvalue weighted by Crippen LogP contribution is 2.35. The Balaban J connectivity index is 1.61. The van der Waals surface area contributed by atoms with Gasteiger partial charge in [-0.1, -0.05) is 65.9 Å². The zero-order chi connectivity index (χ0) is 21.3. The molecule has 0 bridgehead atoms. The lowest BCUT2D eigenvalue weighted by Gasteiger charge is -2.07. The molecule has 0 heterocycles. The lowest BCUT2D eigenvalue weighted by Crippen LogP contribution is -2.31. The van der Waals surface area contributed by atoms with Crippen molar-refractivity contribution in [3.8, 4) is 0 Å². The number of thiocarbonyl (C=S) groups is 1. The fourth-order valence-electron chi connectivity index (χ4n) is 2.56. The minimum absolute atomic E-state index is 0.0364. The van der Waals surface area contributed by atoms with E-state index in [1.54, 1.807) is 12.1 Å². The summed E-state index contributed by atoms with van der Waals surface area (Å²) in [5.74, 6) is 0. The number of hydrazone groups is 1. The van der Waals surface area contributed by atoms with Gasteiger partial charge in [0.2, 0.25) is 0 Å². The van der Waals surface area contributed by atoms with E-state index in [0.29, 0.717) is 22.1 Å². The van der Waals surface area contributed by atoms with Crippen LogP contribution in [0.1, 0.15) is 16.7 Å². The Morgan fingerprint density at radius 3 is 2.57 bits per heavy atom. The predicted molar refractivity (Wildman–Crippen MR) is 125 cm³/mol. The van der Waals surface area contributed by atoms with E-state index >= 15 is 0 Å². The van der Waals surface area contributed by atoms with Crippen molar-refractivity contribution in [1.82, 2.24) is 10.7 Å². The molecule has 0 fully saturated rings. The first-order valence-electron chi connectivity index (χ1n) is 9.15. The summed E-state index contributed by atoms with van der Waals surface area (Å²) in [4.78, 5) is 12.7. The van der Waals surface area contributed by atoms with Gasteiger partial charge < -0.3 is 5.32 Å². The molecule has 6 nitrogen and oxygen atoms in total. The molecule has 0 aliphatic rings. The molecule has 0 amide bonds. The fraction of sp³-hybridized carbons (Fsp3) is 0.0909. The van der Waals surface area contributed by atoms with Crippen LogP contribution < -0.4 is 10.7 Å². The second-order valence-electron chi connectivity index (χ2n) is 6.44. The maximum Gasteiger partial charge on any atom is 0.283 e. The molecule has 0 aromatic heterocycles. The Labute approximate surface area is 184 Å².